The Labute approximate surface area is 318 Å². The summed E-state index contributed by atoms with van der Waals surface area (Å²) in [5, 5.41) is 0. The summed E-state index contributed by atoms with van der Waals surface area (Å²) in [5.41, 5.74) is 6.59. The molecule has 0 saturated heterocycles. The Bertz CT molecular complexity index is 2010. The molecule has 0 amide bonds. The minimum absolute atomic E-state index is 0.0498. The zero-order valence-electron chi connectivity index (χ0n) is 31.7. The van der Waals surface area contributed by atoms with Crippen LogP contribution in [0.2, 0.25) is 0 Å². The molecule has 270 valence electrons. The molecule has 0 saturated carbocycles. The van der Waals surface area contributed by atoms with Gasteiger partial charge in [-0.2, -0.15) is 0 Å². The first kappa shape index (κ1) is 36.1. The monoisotopic (exact) mass is 711 g/mol. The van der Waals surface area contributed by atoms with Crippen molar-refractivity contribution in [3.05, 3.63) is 197 Å². The lowest BCUT2D eigenvalue weighted by Crippen LogP contribution is -2.18. The summed E-state index contributed by atoms with van der Waals surface area (Å²) < 4.78 is 18.6. The minimum atomic E-state index is -0.188. The highest BCUT2D eigenvalue weighted by molar-refractivity contribution is 5.43. The molecule has 6 nitrogen and oxygen atoms in total. The van der Waals surface area contributed by atoms with Crippen LogP contribution < -0.4 is 14.2 Å². The third-order valence-electron chi connectivity index (χ3n) is 10.4. The first-order valence-corrected chi connectivity index (χ1v) is 18.3. The molecule has 0 bridgehead atoms. The normalized spacial score (nSPS) is 11.9. The van der Waals surface area contributed by atoms with E-state index in [-0.39, 0.29) is 34.3 Å². The maximum absolute atomic E-state index is 6.21. The van der Waals surface area contributed by atoms with Gasteiger partial charge in [-0.25, -0.2) is 0 Å². The van der Waals surface area contributed by atoms with E-state index in [1.165, 1.54) is 16.7 Å². The van der Waals surface area contributed by atoms with Crippen LogP contribution in [-0.4, -0.2) is 15.0 Å². The third kappa shape index (κ3) is 7.88. The fraction of sp³-hybridized carbons (Fsp3) is 0.188. The molecule has 0 aliphatic carbocycles. The first-order chi connectivity index (χ1) is 26.0. The highest BCUT2D eigenvalue weighted by Crippen LogP contribution is 2.36. The number of nitrogens with zero attached hydrogens (tertiary/aromatic N) is 3. The third-order valence-corrected chi connectivity index (χ3v) is 10.4. The highest BCUT2D eigenvalue weighted by Gasteiger charge is 2.25. The number of aromatic nitrogens is 3. The topological polar surface area (TPSA) is 66.4 Å². The molecule has 0 aliphatic heterocycles. The van der Waals surface area contributed by atoms with Gasteiger partial charge in [-0.3, -0.25) is 0 Å². The molecule has 54 heavy (non-hydrogen) atoms. The number of hydrogen-bond acceptors (Lipinski definition) is 6. The lowest BCUT2D eigenvalue weighted by molar-refractivity contribution is 0.362. The van der Waals surface area contributed by atoms with Crippen molar-refractivity contribution in [3.63, 3.8) is 0 Å². The maximum atomic E-state index is 6.21. The van der Waals surface area contributed by atoms with Gasteiger partial charge in [-0.1, -0.05) is 169 Å². The largest absolute Gasteiger partial charge is 0.424 e. The molecular weight excluding hydrogens is 667 g/mol. The van der Waals surface area contributed by atoms with Crippen LogP contribution in [0.1, 0.15) is 74.9 Å². The van der Waals surface area contributed by atoms with Gasteiger partial charge < -0.3 is 14.2 Å². The van der Waals surface area contributed by atoms with Crippen molar-refractivity contribution < 1.29 is 14.2 Å². The van der Waals surface area contributed by atoms with Crippen molar-refractivity contribution in [2.24, 2.45) is 0 Å². The predicted octanol–water partition coefficient (Wildman–Crippen LogP) is 12.2. The maximum Gasteiger partial charge on any atom is 0.331 e. The average Bonchev–Trinajstić information content (AvgIpc) is 3.19. The fourth-order valence-corrected chi connectivity index (χ4v) is 6.66. The van der Waals surface area contributed by atoms with E-state index >= 15 is 0 Å². The van der Waals surface area contributed by atoms with Gasteiger partial charge in [-0.15, -0.1) is 15.0 Å². The van der Waals surface area contributed by atoms with Gasteiger partial charge in [0, 0.05) is 16.2 Å². The molecule has 0 radical (unpaired) electrons. The van der Waals surface area contributed by atoms with Crippen LogP contribution in [0.15, 0.2) is 164 Å². The SMILES string of the molecule is CC(C)(c1ccccc1)c1ccc(Oc2nc(Oc3ccc(C(C)(C)c4ccccc4)cc3)nc(Oc3ccc(C(C)(C)c4ccccc4)cc3)n2)cc1. The van der Waals surface area contributed by atoms with Crippen LogP contribution in [0.5, 0.6) is 35.3 Å². The molecule has 7 rings (SSSR count). The van der Waals surface area contributed by atoms with Crippen molar-refractivity contribution in [1.29, 1.82) is 0 Å². The van der Waals surface area contributed by atoms with Crippen molar-refractivity contribution in [2.45, 2.75) is 57.8 Å². The number of hydrogen-bond donors (Lipinski definition) is 0. The molecule has 1 heterocycles. The molecule has 0 fully saturated rings. The van der Waals surface area contributed by atoms with E-state index in [0.29, 0.717) is 17.2 Å². The second-order valence-corrected chi connectivity index (χ2v) is 15.0. The number of ether oxygens (including phenoxy) is 3. The van der Waals surface area contributed by atoms with Crippen LogP contribution in [0.4, 0.5) is 0 Å². The lowest BCUT2D eigenvalue weighted by atomic mass is 9.78. The second-order valence-electron chi connectivity index (χ2n) is 15.0. The molecule has 6 aromatic carbocycles. The Morgan fingerprint density at radius 1 is 0.278 bits per heavy atom. The van der Waals surface area contributed by atoms with E-state index in [4.69, 9.17) is 14.2 Å². The van der Waals surface area contributed by atoms with Crippen molar-refractivity contribution in [1.82, 2.24) is 15.0 Å². The summed E-state index contributed by atoms with van der Waals surface area (Å²) in [6, 6.07) is 55.4. The molecular formula is C48H45N3O3. The van der Waals surface area contributed by atoms with Gasteiger partial charge >= 0.3 is 18.0 Å². The molecule has 6 heteroatoms. The van der Waals surface area contributed by atoms with Gasteiger partial charge in [0.1, 0.15) is 17.2 Å². The molecule has 7 aromatic rings. The van der Waals surface area contributed by atoms with Crippen molar-refractivity contribution in [3.8, 4) is 35.3 Å². The smallest absolute Gasteiger partial charge is 0.331 e. The van der Waals surface area contributed by atoms with Gasteiger partial charge in [0.25, 0.3) is 0 Å². The Balaban J connectivity index is 1.15. The molecule has 1 aromatic heterocycles. The predicted molar refractivity (Wildman–Crippen MR) is 215 cm³/mol. The van der Waals surface area contributed by atoms with Gasteiger partial charge in [0.05, 0.1) is 0 Å². The summed E-state index contributed by atoms with van der Waals surface area (Å²) in [5.74, 6) is 1.72. The Kier molecular flexibility index (Phi) is 10.0. The Hall–Kier alpha value is -6.27. The van der Waals surface area contributed by atoms with E-state index in [1.807, 2.05) is 54.6 Å². The Morgan fingerprint density at radius 3 is 0.704 bits per heavy atom. The van der Waals surface area contributed by atoms with Gasteiger partial charge in [-0.05, 0) is 69.8 Å². The van der Waals surface area contributed by atoms with E-state index in [9.17, 15) is 0 Å². The van der Waals surface area contributed by atoms with Crippen molar-refractivity contribution >= 4 is 0 Å². The molecule has 0 aliphatic rings. The van der Waals surface area contributed by atoms with Crippen molar-refractivity contribution in [2.75, 3.05) is 0 Å². The summed E-state index contributed by atoms with van der Waals surface area (Å²) in [6.45, 7) is 13.3. The lowest BCUT2D eigenvalue weighted by Gasteiger charge is -2.26. The van der Waals surface area contributed by atoms with Crippen LogP contribution in [0.25, 0.3) is 0 Å². The Morgan fingerprint density at radius 2 is 0.481 bits per heavy atom. The van der Waals surface area contributed by atoms with Gasteiger partial charge in [0.15, 0.2) is 0 Å². The molecule has 0 N–H and O–H groups in total. The minimum Gasteiger partial charge on any atom is -0.424 e. The van der Waals surface area contributed by atoms with E-state index in [2.05, 4.69) is 166 Å². The zero-order valence-corrected chi connectivity index (χ0v) is 31.7. The molecule has 0 unspecified atom stereocenters. The van der Waals surface area contributed by atoms with Crippen LogP contribution in [0.3, 0.4) is 0 Å². The summed E-state index contributed by atoms with van der Waals surface area (Å²) >= 11 is 0. The molecule has 0 atom stereocenters. The van der Waals surface area contributed by atoms with E-state index in [0.717, 1.165) is 16.7 Å². The van der Waals surface area contributed by atoms with Crippen LogP contribution in [0, 0.1) is 0 Å². The van der Waals surface area contributed by atoms with E-state index in [1.54, 1.807) is 0 Å². The molecule has 0 spiro atoms. The first-order valence-electron chi connectivity index (χ1n) is 18.3. The highest BCUT2D eigenvalue weighted by atomic mass is 16.5. The summed E-state index contributed by atoms with van der Waals surface area (Å²) in [7, 11) is 0. The van der Waals surface area contributed by atoms with Gasteiger partial charge in [0.2, 0.25) is 0 Å². The van der Waals surface area contributed by atoms with Crippen LogP contribution in [-0.2, 0) is 16.2 Å². The summed E-state index contributed by atoms with van der Waals surface area (Å²) in [6.07, 6.45) is 0. The van der Waals surface area contributed by atoms with Crippen LogP contribution >= 0.6 is 0 Å². The second kappa shape index (κ2) is 15.0. The fourth-order valence-electron chi connectivity index (χ4n) is 6.66. The average molecular weight is 712 g/mol. The van der Waals surface area contributed by atoms with E-state index < -0.39 is 0 Å². The number of rotatable bonds is 12. The number of benzene rings is 6. The standard InChI is InChI=1S/C48H45N3O3/c1-46(2,34-16-10-7-11-17-34)37-22-28-40(29-23-37)52-43-49-44(53-41-30-24-38(25-31-41)47(3,4)35-18-12-8-13-19-35)51-45(50-43)54-42-32-26-39(27-33-42)48(5,6)36-20-14-9-15-21-36/h7-33H,1-6H3. The quantitative estimate of drug-likeness (QED) is 0.126. The zero-order chi connectivity index (χ0) is 37.8. The summed E-state index contributed by atoms with van der Waals surface area (Å²) in [4.78, 5) is 13.6.